The standard InChI is InChI=1S/C16H15ClO3/c1-2-19-16-9-4-3-8-14(16)15(18)11-20-13-7-5-6-12(17)10-13/h3-10H,2,11H2,1H3. The summed E-state index contributed by atoms with van der Waals surface area (Å²) < 4.78 is 10.9. The second-order valence-corrected chi connectivity index (χ2v) is 4.53. The van der Waals surface area contributed by atoms with Crippen LogP contribution >= 0.6 is 11.6 Å². The molecule has 0 amide bonds. The van der Waals surface area contributed by atoms with Crippen LogP contribution in [0, 0.1) is 0 Å². The molecule has 0 saturated heterocycles. The molecule has 20 heavy (non-hydrogen) atoms. The Morgan fingerprint density at radius 1 is 1.10 bits per heavy atom. The van der Waals surface area contributed by atoms with Gasteiger partial charge < -0.3 is 9.47 Å². The molecule has 2 rings (SSSR count). The molecule has 3 nitrogen and oxygen atoms in total. The summed E-state index contributed by atoms with van der Waals surface area (Å²) in [5.41, 5.74) is 0.524. The van der Waals surface area contributed by atoms with Crippen molar-refractivity contribution in [3.05, 3.63) is 59.1 Å². The van der Waals surface area contributed by atoms with Crippen LogP contribution in [0.5, 0.6) is 11.5 Å². The van der Waals surface area contributed by atoms with E-state index in [4.69, 9.17) is 21.1 Å². The van der Waals surface area contributed by atoms with Crippen molar-refractivity contribution in [3.8, 4) is 11.5 Å². The topological polar surface area (TPSA) is 35.5 Å². The van der Waals surface area contributed by atoms with E-state index in [1.54, 1.807) is 42.5 Å². The third kappa shape index (κ3) is 3.75. The summed E-state index contributed by atoms with van der Waals surface area (Å²) >= 11 is 5.86. The molecular weight excluding hydrogens is 276 g/mol. The zero-order chi connectivity index (χ0) is 14.4. The lowest BCUT2D eigenvalue weighted by Gasteiger charge is -2.10. The molecule has 0 heterocycles. The zero-order valence-corrected chi connectivity index (χ0v) is 11.9. The maximum absolute atomic E-state index is 12.2. The van der Waals surface area contributed by atoms with Crippen LogP contribution in [0.4, 0.5) is 0 Å². The van der Waals surface area contributed by atoms with Crippen LogP contribution in [-0.4, -0.2) is 19.0 Å². The van der Waals surface area contributed by atoms with Crippen molar-refractivity contribution < 1.29 is 14.3 Å². The maximum Gasteiger partial charge on any atom is 0.203 e. The van der Waals surface area contributed by atoms with E-state index in [0.29, 0.717) is 28.7 Å². The molecule has 2 aromatic carbocycles. The predicted molar refractivity (Wildman–Crippen MR) is 78.9 cm³/mol. The monoisotopic (exact) mass is 290 g/mol. The number of halogens is 1. The molecule has 2 aromatic rings. The molecule has 0 aliphatic heterocycles. The van der Waals surface area contributed by atoms with E-state index < -0.39 is 0 Å². The number of hydrogen-bond acceptors (Lipinski definition) is 3. The smallest absolute Gasteiger partial charge is 0.203 e. The molecule has 0 aliphatic rings. The van der Waals surface area contributed by atoms with E-state index in [2.05, 4.69) is 0 Å². The molecule has 0 saturated carbocycles. The SMILES string of the molecule is CCOc1ccccc1C(=O)COc1cccc(Cl)c1. The van der Waals surface area contributed by atoms with Crippen LogP contribution in [-0.2, 0) is 0 Å². The lowest BCUT2D eigenvalue weighted by molar-refractivity contribution is 0.0917. The van der Waals surface area contributed by atoms with Crippen molar-refractivity contribution in [2.45, 2.75) is 6.92 Å². The Labute approximate surface area is 123 Å². The van der Waals surface area contributed by atoms with Crippen LogP contribution in [0.1, 0.15) is 17.3 Å². The number of carbonyl (C=O) groups excluding carboxylic acids is 1. The minimum absolute atomic E-state index is 0.0512. The van der Waals surface area contributed by atoms with Crippen molar-refractivity contribution in [2.75, 3.05) is 13.2 Å². The number of hydrogen-bond donors (Lipinski definition) is 0. The number of carbonyl (C=O) groups is 1. The van der Waals surface area contributed by atoms with Crippen LogP contribution in [0.2, 0.25) is 5.02 Å². The molecule has 104 valence electrons. The van der Waals surface area contributed by atoms with Gasteiger partial charge in [0, 0.05) is 5.02 Å². The second kappa shape index (κ2) is 6.96. The maximum atomic E-state index is 12.2. The predicted octanol–water partition coefficient (Wildman–Crippen LogP) is 4.00. The first-order valence-electron chi connectivity index (χ1n) is 6.34. The fourth-order valence-corrected chi connectivity index (χ4v) is 1.94. The molecular formula is C16H15ClO3. The van der Waals surface area contributed by atoms with Crippen molar-refractivity contribution in [1.29, 1.82) is 0 Å². The Morgan fingerprint density at radius 2 is 1.90 bits per heavy atom. The van der Waals surface area contributed by atoms with Gasteiger partial charge >= 0.3 is 0 Å². The van der Waals surface area contributed by atoms with E-state index in [9.17, 15) is 4.79 Å². The van der Waals surface area contributed by atoms with Crippen molar-refractivity contribution >= 4 is 17.4 Å². The minimum Gasteiger partial charge on any atom is -0.493 e. The van der Waals surface area contributed by atoms with Gasteiger partial charge in [-0.05, 0) is 37.3 Å². The van der Waals surface area contributed by atoms with Crippen LogP contribution < -0.4 is 9.47 Å². The second-order valence-electron chi connectivity index (χ2n) is 4.10. The molecule has 0 atom stereocenters. The molecule has 0 aliphatic carbocycles. The van der Waals surface area contributed by atoms with E-state index in [1.165, 1.54) is 0 Å². The lowest BCUT2D eigenvalue weighted by atomic mass is 10.1. The number of ether oxygens (including phenoxy) is 2. The van der Waals surface area contributed by atoms with Crippen molar-refractivity contribution in [1.82, 2.24) is 0 Å². The highest BCUT2D eigenvalue weighted by molar-refractivity contribution is 6.30. The summed E-state index contributed by atoms with van der Waals surface area (Å²) in [4.78, 5) is 12.2. The van der Waals surface area contributed by atoms with Crippen molar-refractivity contribution in [3.63, 3.8) is 0 Å². The largest absolute Gasteiger partial charge is 0.493 e. The molecule has 0 aromatic heterocycles. The van der Waals surface area contributed by atoms with Gasteiger partial charge in [-0.2, -0.15) is 0 Å². The third-order valence-corrected chi connectivity index (χ3v) is 2.89. The van der Waals surface area contributed by atoms with Gasteiger partial charge in [-0.15, -0.1) is 0 Å². The van der Waals surface area contributed by atoms with Gasteiger partial charge in [0.15, 0.2) is 6.61 Å². The van der Waals surface area contributed by atoms with Crippen LogP contribution in [0.25, 0.3) is 0 Å². The highest BCUT2D eigenvalue weighted by Crippen LogP contribution is 2.20. The van der Waals surface area contributed by atoms with E-state index >= 15 is 0 Å². The fraction of sp³-hybridized carbons (Fsp3) is 0.188. The van der Waals surface area contributed by atoms with Crippen LogP contribution in [0.3, 0.4) is 0 Å². The first-order chi connectivity index (χ1) is 9.70. The number of Topliss-reactive ketones (excluding diaryl/α,β-unsaturated/α-hetero) is 1. The zero-order valence-electron chi connectivity index (χ0n) is 11.1. The van der Waals surface area contributed by atoms with E-state index in [1.807, 2.05) is 13.0 Å². The van der Waals surface area contributed by atoms with Gasteiger partial charge in [0.2, 0.25) is 5.78 Å². The Kier molecular flexibility index (Phi) is 5.02. The fourth-order valence-electron chi connectivity index (χ4n) is 1.76. The number of benzene rings is 2. The summed E-state index contributed by atoms with van der Waals surface area (Å²) in [7, 11) is 0. The first-order valence-corrected chi connectivity index (χ1v) is 6.72. The average molecular weight is 291 g/mol. The van der Waals surface area contributed by atoms with Gasteiger partial charge in [-0.25, -0.2) is 0 Å². The van der Waals surface area contributed by atoms with Gasteiger partial charge in [-0.1, -0.05) is 29.8 Å². The number of para-hydroxylation sites is 1. The summed E-state index contributed by atoms with van der Waals surface area (Å²) in [5, 5.41) is 0.574. The third-order valence-electron chi connectivity index (χ3n) is 2.65. The summed E-state index contributed by atoms with van der Waals surface area (Å²) in [6, 6.07) is 14.1. The van der Waals surface area contributed by atoms with Crippen LogP contribution in [0.15, 0.2) is 48.5 Å². The highest BCUT2D eigenvalue weighted by Gasteiger charge is 2.12. The number of ketones is 1. The summed E-state index contributed by atoms with van der Waals surface area (Å²) in [5.74, 6) is 1.02. The van der Waals surface area contributed by atoms with Gasteiger partial charge in [-0.3, -0.25) is 4.79 Å². The van der Waals surface area contributed by atoms with E-state index in [-0.39, 0.29) is 12.4 Å². The molecule has 0 fully saturated rings. The number of rotatable bonds is 6. The summed E-state index contributed by atoms with van der Waals surface area (Å²) in [6.07, 6.45) is 0. The van der Waals surface area contributed by atoms with Crippen molar-refractivity contribution in [2.24, 2.45) is 0 Å². The average Bonchev–Trinajstić information content (AvgIpc) is 2.46. The Hall–Kier alpha value is -2.00. The summed E-state index contributed by atoms with van der Waals surface area (Å²) in [6.45, 7) is 2.34. The first kappa shape index (κ1) is 14.4. The van der Waals surface area contributed by atoms with Gasteiger partial charge in [0.25, 0.3) is 0 Å². The highest BCUT2D eigenvalue weighted by atomic mass is 35.5. The molecule has 0 unspecified atom stereocenters. The molecule has 0 N–H and O–H groups in total. The van der Waals surface area contributed by atoms with Gasteiger partial charge in [0.1, 0.15) is 11.5 Å². The Morgan fingerprint density at radius 3 is 2.65 bits per heavy atom. The van der Waals surface area contributed by atoms with E-state index in [0.717, 1.165) is 0 Å². The Bertz CT molecular complexity index is 596. The minimum atomic E-state index is -0.131. The molecule has 0 bridgehead atoms. The molecule has 0 radical (unpaired) electrons. The van der Waals surface area contributed by atoms with Gasteiger partial charge in [0.05, 0.1) is 12.2 Å². The molecule has 0 spiro atoms. The quantitative estimate of drug-likeness (QED) is 0.754. The Balaban J connectivity index is 2.05. The molecule has 4 heteroatoms. The normalized spacial score (nSPS) is 10.1. The lowest BCUT2D eigenvalue weighted by Crippen LogP contribution is -2.13.